The lowest BCUT2D eigenvalue weighted by Gasteiger charge is -2.06. The third kappa shape index (κ3) is 2.15. The van der Waals surface area contributed by atoms with Gasteiger partial charge in [-0.2, -0.15) is 0 Å². The molecule has 0 saturated carbocycles. The van der Waals surface area contributed by atoms with E-state index in [-0.39, 0.29) is 5.78 Å². The smallest absolute Gasteiger partial charge is 0.205 e. The van der Waals surface area contributed by atoms with E-state index in [9.17, 15) is 4.79 Å². The first-order chi connectivity index (χ1) is 8.00. The van der Waals surface area contributed by atoms with Gasteiger partial charge in [-0.25, -0.2) is 4.98 Å². The summed E-state index contributed by atoms with van der Waals surface area (Å²) in [6.07, 6.45) is 0. The molecule has 0 aliphatic rings. The number of ketones is 1. The van der Waals surface area contributed by atoms with Gasteiger partial charge in [-0.1, -0.05) is 18.2 Å². The molecule has 0 aliphatic carbocycles. The fraction of sp³-hybridized carbons (Fsp3) is 0.286. The highest BCUT2D eigenvalue weighted by Crippen LogP contribution is 2.23. The van der Waals surface area contributed by atoms with Crippen LogP contribution in [0.3, 0.4) is 0 Å². The van der Waals surface area contributed by atoms with Gasteiger partial charge in [-0.15, -0.1) is 11.3 Å². The summed E-state index contributed by atoms with van der Waals surface area (Å²) >= 11 is 1.47. The number of carbonyl (C=O) groups is 1. The Labute approximate surface area is 105 Å². The topological polar surface area (TPSA) is 30.0 Å². The largest absolute Gasteiger partial charge is 0.288 e. The lowest BCUT2D eigenvalue weighted by molar-refractivity contribution is 0.104. The van der Waals surface area contributed by atoms with Crippen LogP contribution in [-0.2, 0) is 0 Å². The minimum Gasteiger partial charge on any atom is -0.288 e. The van der Waals surface area contributed by atoms with Crippen LogP contribution in [0, 0.1) is 27.7 Å². The third-order valence-corrected chi connectivity index (χ3v) is 4.03. The Balaban J connectivity index is 2.51. The standard InChI is InChI=1S/C14H15NOS/c1-8-6-5-7-12(9(8)2)13(16)14-10(3)15-11(4)17-14/h5-7H,1-4H3. The maximum Gasteiger partial charge on any atom is 0.205 e. The van der Waals surface area contributed by atoms with E-state index in [1.54, 1.807) is 0 Å². The van der Waals surface area contributed by atoms with Crippen molar-refractivity contribution in [3.63, 3.8) is 0 Å². The summed E-state index contributed by atoms with van der Waals surface area (Å²) in [7, 11) is 0. The molecule has 1 aromatic carbocycles. The Bertz CT molecular complexity index is 584. The van der Waals surface area contributed by atoms with E-state index in [1.165, 1.54) is 11.3 Å². The zero-order chi connectivity index (χ0) is 12.6. The summed E-state index contributed by atoms with van der Waals surface area (Å²) in [6, 6.07) is 5.84. The van der Waals surface area contributed by atoms with Crippen LogP contribution < -0.4 is 0 Å². The number of aryl methyl sites for hydroxylation is 3. The zero-order valence-corrected chi connectivity index (χ0v) is 11.3. The van der Waals surface area contributed by atoms with E-state index in [2.05, 4.69) is 4.98 Å². The summed E-state index contributed by atoms with van der Waals surface area (Å²) in [5.74, 6) is 0.0919. The number of benzene rings is 1. The van der Waals surface area contributed by atoms with Crippen LogP contribution in [0.4, 0.5) is 0 Å². The van der Waals surface area contributed by atoms with Gasteiger partial charge in [-0.05, 0) is 38.8 Å². The molecule has 0 unspecified atom stereocenters. The molecule has 0 atom stereocenters. The minimum atomic E-state index is 0.0919. The lowest BCUT2D eigenvalue weighted by atomic mass is 9.99. The van der Waals surface area contributed by atoms with Gasteiger partial charge in [0.1, 0.15) is 0 Å². The van der Waals surface area contributed by atoms with Crippen molar-refractivity contribution in [3.05, 3.63) is 50.5 Å². The highest BCUT2D eigenvalue weighted by Gasteiger charge is 2.17. The average molecular weight is 245 g/mol. The van der Waals surface area contributed by atoms with Gasteiger partial charge in [-0.3, -0.25) is 4.79 Å². The summed E-state index contributed by atoms with van der Waals surface area (Å²) in [5.41, 5.74) is 3.83. The van der Waals surface area contributed by atoms with Crippen LogP contribution in [0.15, 0.2) is 18.2 Å². The molecule has 2 aromatic rings. The first-order valence-corrected chi connectivity index (χ1v) is 6.37. The monoisotopic (exact) mass is 245 g/mol. The molecule has 3 heteroatoms. The van der Waals surface area contributed by atoms with E-state index < -0.39 is 0 Å². The molecule has 0 radical (unpaired) electrons. The second-order valence-corrected chi connectivity index (χ2v) is 5.43. The van der Waals surface area contributed by atoms with Crippen LogP contribution in [0.25, 0.3) is 0 Å². The van der Waals surface area contributed by atoms with Gasteiger partial charge in [0.25, 0.3) is 0 Å². The highest BCUT2D eigenvalue weighted by molar-refractivity contribution is 7.14. The summed E-state index contributed by atoms with van der Waals surface area (Å²) in [4.78, 5) is 17.5. The van der Waals surface area contributed by atoms with Crippen LogP contribution in [0.1, 0.15) is 37.1 Å². The molecule has 0 spiro atoms. The summed E-state index contributed by atoms with van der Waals surface area (Å²) < 4.78 is 0. The summed E-state index contributed by atoms with van der Waals surface area (Å²) in [5, 5.41) is 0.941. The van der Waals surface area contributed by atoms with Crippen molar-refractivity contribution in [2.45, 2.75) is 27.7 Å². The molecule has 0 saturated heterocycles. The number of hydrogen-bond donors (Lipinski definition) is 0. The maximum atomic E-state index is 12.4. The molecule has 0 amide bonds. The zero-order valence-electron chi connectivity index (χ0n) is 10.5. The van der Waals surface area contributed by atoms with Crippen molar-refractivity contribution in [2.24, 2.45) is 0 Å². The van der Waals surface area contributed by atoms with Crippen molar-refractivity contribution in [3.8, 4) is 0 Å². The maximum absolute atomic E-state index is 12.4. The van der Waals surface area contributed by atoms with E-state index in [4.69, 9.17) is 0 Å². The quantitative estimate of drug-likeness (QED) is 0.756. The third-order valence-electron chi connectivity index (χ3n) is 2.96. The van der Waals surface area contributed by atoms with Gasteiger partial charge < -0.3 is 0 Å². The molecular formula is C14H15NOS. The van der Waals surface area contributed by atoms with Crippen molar-refractivity contribution in [1.29, 1.82) is 0 Å². The predicted molar refractivity (Wildman–Crippen MR) is 70.9 cm³/mol. The van der Waals surface area contributed by atoms with Gasteiger partial charge in [0.05, 0.1) is 15.6 Å². The van der Waals surface area contributed by atoms with Gasteiger partial charge in [0.15, 0.2) is 0 Å². The van der Waals surface area contributed by atoms with Crippen molar-refractivity contribution >= 4 is 17.1 Å². The van der Waals surface area contributed by atoms with Crippen molar-refractivity contribution in [1.82, 2.24) is 4.98 Å². The SMILES string of the molecule is Cc1nc(C)c(C(=O)c2cccc(C)c2C)s1. The number of rotatable bonds is 2. The normalized spacial score (nSPS) is 10.6. The van der Waals surface area contributed by atoms with Crippen LogP contribution >= 0.6 is 11.3 Å². The second-order valence-electron chi connectivity index (χ2n) is 4.22. The molecule has 0 fully saturated rings. The van der Waals surface area contributed by atoms with E-state index in [1.807, 2.05) is 45.9 Å². The minimum absolute atomic E-state index is 0.0919. The van der Waals surface area contributed by atoms with Crippen LogP contribution in [-0.4, -0.2) is 10.8 Å². The molecule has 1 heterocycles. The number of thiazole rings is 1. The predicted octanol–water partition coefficient (Wildman–Crippen LogP) is 3.61. The van der Waals surface area contributed by atoms with Gasteiger partial charge in [0.2, 0.25) is 5.78 Å². The fourth-order valence-electron chi connectivity index (χ4n) is 1.86. The number of hydrogen-bond acceptors (Lipinski definition) is 3. The van der Waals surface area contributed by atoms with Gasteiger partial charge in [0, 0.05) is 5.56 Å². The number of aromatic nitrogens is 1. The Kier molecular flexibility index (Phi) is 3.11. The van der Waals surface area contributed by atoms with E-state index in [0.29, 0.717) is 0 Å². The Morgan fingerprint density at radius 2 is 1.88 bits per heavy atom. The number of nitrogens with zero attached hydrogens (tertiary/aromatic N) is 1. The molecular weight excluding hydrogens is 230 g/mol. The molecule has 1 aromatic heterocycles. The molecule has 0 aliphatic heterocycles. The molecule has 88 valence electrons. The second kappa shape index (κ2) is 4.41. The molecule has 0 bridgehead atoms. The Morgan fingerprint density at radius 1 is 1.18 bits per heavy atom. The van der Waals surface area contributed by atoms with Crippen molar-refractivity contribution < 1.29 is 4.79 Å². The Hall–Kier alpha value is -1.48. The van der Waals surface area contributed by atoms with Crippen molar-refractivity contribution in [2.75, 3.05) is 0 Å². The molecule has 0 N–H and O–H groups in total. The van der Waals surface area contributed by atoms with Crippen LogP contribution in [0.5, 0.6) is 0 Å². The number of carbonyl (C=O) groups excluding carboxylic acids is 1. The average Bonchev–Trinajstić information content (AvgIpc) is 2.61. The first-order valence-electron chi connectivity index (χ1n) is 5.55. The molecule has 2 nitrogen and oxygen atoms in total. The highest BCUT2D eigenvalue weighted by atomic mass is 32.1. The van der Waals surface area contributed by atoms with Gasteiger partial charge >= 0.3 is 0 Å². The Morgan fingerprint density at radius 3 is 2.47 bits per heavy atom. The fourth-order valence-corrected chi connectivity index (χ4v) is 2.74. The van der Waals surface area contributed by atoms with E-state index >= 15 is 0 Å². The molecule has 17 heavy (non-hydrogen) atoms. The lowest BCUT2D eigenvalue weighted by Crippen LogP contribution is -2.04. The summed E-state index contributed by atoms with van der Waals surface area (Å²) in [6.45, 7) is 7.84. The van der Waals surface area contributed by atoms with Crippen LogP contribution in [0.2, 0.25) is 0 Å². The van der Waals surface area contributed by atoms with E-state index in [0.717, 1.165) is 32.3 Å². The first kappa shape index (κ1) is 12.0. The molecule has 2 rings (SSSR count).